The second-order valence-electron chi connectivity index (χ2n) is 8.91. The van der Waals surface area contributed by atoms with Gasteiger partial charge in [0.1, 0.15) is 5.75 Å². The van der Waals surface area contributed by atoms with E-state index in [2.05, 4.69) is 25.7 Å². The third-order valence-electron chi connectivity index (χ3n) is 6.55. The summed E-state index contributed by atoms with van der Waals surface area (Å²) in [5.41, 5.74) is 2.29. The number of fused-ring (bicyclic) bond motifs is 2. The number of aromatic nitrogens is 4. The van der Waals surface area contributed by atoms with Gasteiger partial charge in [-0.05, 0) is 57.1 Å². The first-order valence-electron chi connectivity index (χ1n) is 11.6. The molecule has 1 unspecified atom stereocenters. The van der Waals surface area contributed by atoms with Gasteiger partial charge in [-0.2, -0.15) is 23.3 Å². The van der Waals surface area contributed by atoms with Gasteiger partial charge >= 0.3 is 12.1 Å². The normalized spacial score (nSPS) is 19.2. The fraction of sp³-hybridized carbons (Fsp3) is 0.478. The maximum absolute atomic E-state index is 12.9. The Hall–Kier alpha value is -3.45. The van der Waals surface area contributed by atoms with E-state index in [9.17, 15) is 18.0 Å². The van der Waals surface area contributed by atoms with Gasteiger partial charge in [0.05, 0.1) is 30.4 Å². The molecule has 2 aliphatic rings. The molecule has 0 saturated carbocycles. The molecule has 1 atom stereocenters. The number of carbonyl (C=O) groups excluding carboxylic acids is 1. The molecule has 1 fully saturated rings. The smallest absolute Gasteiger partial charge is 0.490 e. The summed E-state index contributed by atoms with van der Waals surface area (Å²) in [6.07, 6.45) is -0.453. The van der Waals surface area contributed by atoms with Gasteiger partial charge in [0, 0.05) is 18.3 Å². The lowest BCUT2D eigenvalue weighted by Gasteiger charge is -2.34. The molecule has 1 saturated heterocycles. The van der Waals surface area contributed by atoms with Gasteiger partial charge in [0.15, 0.2) is 11.9 Å². The molecular formula is C23H26F3N7O3. The maximum Gasteiger partial charge on any atom is 0.490 e. The van der Waals surface area contributed by atoms with Crippen molar-refractivity contribution in [3.63, 3.8) is 0 Å². The van der Waals surface area contributed by atoms with E-state index in [1.165, 1.54) is 7.11 Å². The number of piperidine rings is 1. The fourth-order valence-electron chi connectivity index (χ4n) is 4.66. The average molecular weight is 506 g/mol. The second kappa shape index (κ2) is 9.54. The molecule has 36 heavy (non-hydrogen) atoms. The van der Waals surface area contributed by atoms with Gasteiger partial charge in [-0.3, -0.25) is 4.90 Å². The average Bonchev–Trinajstić information content (AvgIpc) is 3.28. The van der Waals surface area contributed by atoms with E-state index in [4.69, 9.17) is 9.47 Å². The summed E-state index contributed by atoms with van der Waals surface area (Å²) in [6, 6.07) is 3.58. The van der Waals surface area contributed by atoms with Crippen LogP contribution in [-0.4, -0.2) is 70.6 Å². The predicted molar refractivity (Wildman–Crippen MR) is 124 cm³/mol. The van der Waals surface area contributed by atoms with Crippen molar-refractivity contribution in [3.8, 4) is 5.75 Å². The molecular weight excluding hydrogens is 479 g/mol. The molecule has 0 bridgehead atoms. The van der Waals surface area contributed by atoms with Crippen molar-refractivity contribution < 1.29 is 27.4 Å². The Morgan fingerprint density at radius 3 is 2.72 bits per heavy atom. The van der Waals surface area contributed by atoms with Crippen molar-refractivity contribution in [1.29, 1.82) is 0 Å². The molecule has 0 spiro atoms. The van der Waals surface area contributed by atoms with Crippen molar-refractivity contribution in [2.45, 2.75) is 37.7 Å². The van der Waals surface area contributed by atoms with Gasteiger partial charge in [-0.15, -0.1) is 0 Å². The van der Waals surface area contributed by atoms with Crippen molar-refractivity contribution in [3.05, 3.63) is 35.7 Å². The number of carbonyl (C=O) groups is 1. The van der Waals surface area contributed by atoms with Crippen LogP contribution >= 0.6 is 0 Å². The highest BCUT2D eigenvalue weighted by molar-refractivity contribution is 5.77. The lowest BCUT2D eigenvalue weighted by molar-refractivity contribution is -0.213. The van der Waals surface area contributed by atoms with Crippen molar-refractivity contribution >= 4 is 28.6 Å². The quantitative estimate of drug-likeness (QED) is 0.506. The Bertz CT molecular complexity index is 1270. The summed E-state index contributed by atoms with van der Waals surface area (Å²) >= 11 is 0. The zero-order valence-electron chi connectivity index (χ0n) is 19.8. The highest BCUT2D eigenvalue weighted by Gasteiger charge is 2.44. The number of nitrogens with one attached hydrogen (secondary N) is 2. The molecule has 0 radical (unpaired) electrons. The van der Waals surface area contributed by atoms with Crippen LogP contribution in [-0.2, 0) is 16.0 Å². The van der Waals surface area contributed by atoms with Crippen LogP contribution in [0, 0.1) is 0 Å². The van der Waals surface area contributed by atoms with Crippen LogP contribution < -0.4 is 15.4 Å². The lowest BCUT2D eigenvalue weighted by Crippen LogP contribution is -2.38. The summed E-state index contributed by atoms with van der Waals surface area (Å²) in [5.74, 6) is -1.49. The van der Waals surface area contributed by atoms with E-state index in [1.807, 2.05) is 4.68 Å². The monoisotopic (exact) mass is 505 g/mol. The Kier molecular flexibility index (Phi) is 6.43. The topological polar surface area (TPSA) is 106 Å². The number of ether oxygens (including phenoxy) is 2. The van der Waals surface area contributed by atoms with Crippen LogP contribution in [0.15, 0.2) is 24.5 Å². The third-order valence-corrected chi connectivity index (χ3v) is 6.55. The number of esters is 1. The zero-order valence-corrected chi connectivity index (χ0v) is 19.8. The van der Waals surface area contributed by atoms with Crippen molar-refractivity contribution in [2.24, 2.45) is 0 Å². The van der Waals surface area contributed by atoms with Crippen LogP contribution in [0.1, 0.15) is 36.2 Å². The van der Waals surface area contributed by atoms with E-state index in [-0.39, 0.29) is 12.0 Å². The Labute approximate surface area is 204 Å². The van der Waals surface area contributed by atoms with Gasteiger partial charge in [-0.25, -0.2) is 14.5 Å². The SMILES string of the molecule is COc1cc2c(cc1Nc1ncc3cnn(C4CCNCC4)c3n1)C(OC(=O)C(F)(F)F)N(C)CC2. The summed E-state index contributed by atoms with van der Waals surface area (Å²) in [5, 5.41) is 11.8. The zero-order chi connectivity index (χ0) is 25.4. The number of hydrogen-bond acceptors (Lipinski definition) is 9. The largest absolute Gasteiger partial charge is 0.495 e. The van der Waals surface area contributed by atoms with Crippen LogP contribution in [0.2, 0.25) is 0 Å². The number of rotatable bonds is 5. The van der Waals surface area contributed by atoms with Crippen LogP contribution in [0.4, 0.5) is 24.8 Å². The van der Waals surface area contributed by atoms with Crippen LogP contribution in [0.25, 0.3) is 11.0 Å². The van der Waals surface area contributed by atoms with E-state index in [0.717, 1.165) is 36.9 Å². The Morgan fingerprint density at radius 2 is 2.00 bits per heavy atom. The second-order valence-corrected chi connectivity index (χ2v) is 8.91. The first-order valence-corrected chi connectivity index (χ1v) is 11.6. The number of benzene rings is 1. The van der Waals surface area contributed by atoms with Gasteiger partial charge in [0.2, 0.25) is 5.95 Å². The molecule has 2 aromatic heterocycles. The number of methoxy groups -OCH3 is 1. The molecule has 2 N–H and O–H groups in total. The highest BCUT2D eigenvalue weighted by atomic mass is 19.4. The van der Waals surface area contributed by atoms with Crippen molar-refractivity contribution in [1.82, 2.24) is 30.0 Å². The van der Waals surface area contributed by atoms with Gasteiger partial charge in [-0.1, -0.05) is 0 Å². The number of alkyl halides is 3. The molecule has 3 aromatic rings. The minimum absolute atomic E-state index is 0.226. The summed E-state index contributed by atoms with van der Waals surface area (Å²) < 4.78 is 51.0. The first kappa shape index (κ1) is 24.3. The molecule has 2 aliphatic heterocycles. The van der Waals surface area contributed by atoms with Crippen LogP contribution in [0.5, 0.6) is 5.75 Å². The van der Waals surface area contributed by atoms with Crippen LogP contribution in [0.3, 0.4) is 0 Å². The van der Waals surface area contributed by atoms with E-state index in [0.29, 0.717) is 35.6 Å². The Morgan fingerprint density at radius 1 is 1.22 bits per heavy atom. The predicted octanol–water partition coefficient (Wildman–Crippen LogP) is 3.10. The maximum atomic E-state index is 12.9. The van der Waals surface area contributed by atoms with E-state index in [1.54, 1.807) is 36.5 Å². The molecule has 4 heterocycles. The highest BCUT2D eigenvalue weighted by Crippen LogP contribution is 2.39. The number of hydrogen-bond donors (Lipinski definition) is 2. The van der Waals surface area contributed by atoms with E-state index >= 15 is 0 Å². The molecule has 13 heteroatoms. The molecule has 1 aromatic carbocycles. The minimum atomic E-state index is -5.09. The number of anilines is 2. The van der Waals surface area contributed by atoms with Gasteiger partial charge < -0.3 is 20.1 Å². The molecule has 192 valence electrons. The standard InChI is InChI=1S/C23H26F3N7O3/c1-32-8-5-13-9-18(35-2)17(10-16(13)20(32)36-21(34)23(24,25)26)30-22-28-11-14-12-29-33(19(14)31-22)15-3-6-27-7-4-15/h9-12,15,20,27H,3-8H2,1-2H3,(H,28,30,31). The third kappa shape index (κ3) is 4.67. The summed E-state index contributed by atoms with van der Waals surface area (Å²) in [7, 11) is 3.10. The first-order chi connectivity index (χ1) is 17.2. The number of nitrogens with zero attached hydrogens (tertiary/aromatic N) is 5. The molecule has 5 rings (SSSR count). The lowest BCUT2D eigenvalue weighted by atomic mass is 9.97. The van der Waals surface area contributed by atoms with E-state index < -0.39 is 18.4 Å². The number of halogens is 3. The minimum Gasteiger partial charge on any atom is -0.495 e. The number of likely N-dealkylation sites (N-methyl/N-ethyl adjacent to an activating group) is 1. The molecule has 0 aliphatic carbocycles. The van der Waals surface area contributed by atoms with Crippen molar-refractivity contribution in [2.75, 3.05) is 39.1 Å². The molecule has 10 nitrogen and oxygen atoms in total. The fourth-order valence-corrected chi connectivity index (χ4v) is 4.66. The summed E-state index contributed by atoms with van der Waals surface area (Å²) in [4.78, 5) is 22.2. The van der Waals surface area contributed by atoms with Gasteiger partial charge in [0.25, 0.3) is 0 Å². The molecule has 0 amide bonds. The Balaban J connectivity index is 1.48. The summed E-state index contributed by atoms with van der Waals surface area (Å²) in [6.45, 7) is 2.23.